The zero-order valence-electron chi connectivity index (χ0n) is 22.0. The number of carbonyl (C=O) groups is 2. The minimum Gasteiger partial charge on any atom is -0.367 e. The van der Waals surface area contributed by atoms with E-state index in [-0.39, 0.29) is 34.6 Å². The summed E-state index contributed by atoms with van der Waals surface area (Å²) in [5, 5.41) is 5.22. The van der Waals surface area contributed by atoms with Crippen LogP contribution in [0.3, 0.4) is 0 Å². The number of alkyl halides is 2. The summed E-state index contributed by atoms with van der Waals surface area (Å²) in [6.07, 6.45) is -0.602. The van der Waals surface area contributed by atoms with Gasteiger partial charge in [-0.3, -0.25) is 14.4 Å². The van der Waals surface area contributed by atoms with Crippen LogP contribution in [-0.2, 0) is 11.8 Å². The molecule has 0 spiro atoms. The largest absolute Gasteiger partial charge is 0.367 e. The van der Waals surface area contributed by atoms with E-state index >= 15 is 4.39 Å². The van der Waals surface area contributed by atoms with E-state index in [0.717, 1.165) is 16.8 Å². The van der Waals surface area contributed by atoms with Gasteiger partial charge in [0.15, 0.2) is 0 Å². The average molecular weight is 543 g/mol. The minimum atomic E-state index is -3.05. The van der Waals surface area contributed by atoms with Crippen LogP contribution >= 0.6 is 0 Å². The molecule has 12 heteroatoms. The topological polar surface area (TPSA) is 99.6 Å². The Morgan fingerprint density at radius 2 is 1.85 bits per heavy atom. The minimum absolute atomic E-state index is 0.118. The molecule has 1 fully saturated rings. The van der Waals surface area contributed by atoms with Crippen LogP contribution in [0, 0.1) is 5.82 Å². The first kappa shape index (κ1) is 27.8. The standard InChI is InChI=1S/C27H29F3N6O3/c1-15-13-36(8-7-34(15)3)23-11-21(28)18(17-5-6-24(31-12-17)32-16(2)37)9-22(23)33-27(39)20-14-35(4)25(38)10-19(20)26(29)30/h5-6,9-12,14-15,26H,7-8,13H2,1-4H3,(H,33,39)(H,31,32,37)/t15-/m1/s1. The maximum atomic E-state index is 15.5. The second-order valence-corrected chi connectivity index (χ2v) is 9.58. The predicted molar refractivity (Wildman–Crippen MR) is 143 cm³/mol. The molecular weight excluding hydrogens is 513 g/mol. The summed E-state index contributed by atoms with van der Waals surface area (Å²) in [6, 6.07) is 6.71. The summed E-state index contributed by atoms with van der Waals surface area (Å²) in [5.41, 5.74) is -0.613. The van der Waals surface area contributed by atoms with Crippen molar-refractivity contribution in [2.24, 2.45) is 7.05 Å². The van der Waals surface area contributed by atoms with E-state index in [9.17, 15) is 23.2 Å². The molecule has 206 valence electrons. The predicted octanol–water partition coefficient (Wildman–Crippen LogP) is 3.88. The van der Waals surface area contributed by atoms with E-state index in [0.29, 0.717) is 30.9 Å². The summed E-state index contributed by atoms with van der Waals surface area (Å²) in [7, 11) is 3.34. The smallest absolute Gasteiger partial charge is 0.264 e. The maximum Gasteiger partial charge on any atom is 0.264 e. The SMILES string of the molecule is CC(=O)Nc1ccc(-c2cc(NC(=O)c3cn(C)c(=O)cc3C(F)F)c(N3CCN(C)[C@H](C)C3)cc2F)cn1. The summed E-state index contributed by atoms with van der Waals surface area (Å²) in [6.45, 7) is 5.16. The third kappa shape index (κ3) is 6.11. The molecule has 3 aromatic rings. The molecule has 0 saturated carbocycles. The zero-order valence-corrected chi connectivity index (χ0v) is 22.0. The van der Waals surface area contributed by atoms with E-state index < -0.39 is 29.3 Å². The van der Waals surface area contributed by atoms with Gasteiger partial charge in [0, 0.05) is 74.8 Å². The third-order valence-electron chi connectivity index (χ3n) is 6.75. The number of pyridine rings is 2. The first-order valence-corrected chi connectivity index (χ1v) is 12.3. The first-order chi connectivity index (χ1) is 18.4. The average Bonchev–Trinajstić information content (AvgIpc) is 2.88. The van der Waals surface area contributed by atoms with Crippen molar-refractivity contribution < 1.29 is 22.8 Å². The number of halogens is 3. The molecule has 0 radical (unpaired) electrons. The molecule has 9 nitrogen and oxygen atoms in total. The van der Waals surface area contributed by atoms with Gasteiger partial charge in [-0.25, -0.2) is 18.2 Å². The van der Waals surface area contributed by atoms with Crippen LogP contribution in [0.5, 0.6) is 0 Å². The van der Waals surface area contributed by atoms with Crippen molar-refractivity contribution in [3.8, 4) is 11.1 Å². The number of nitrogens with zero attached hydrogens (tertiary/aromatic N) is 4. The number of aromatic nitrogens is 2. The number of hydrogen-bond donors (Lipinski definition) is 2. The number of benzene rings is 1. The molecule has 1 atom stereocenters. The van der Waals surface area contributed by atoms with Gasteiger partial charge in [-0.2, -0.15) is 0 Å². The van der Waals surface area contributed by atoms with Crippen LogP contribution in [0.15, 0.2) is 47.5 Å². The molecule has 39 heavy (non-hydrogen) atoms. The van der Waals surface area contributed by atoms with Gasteiger partial charge in [-0.05, 0) is 38.2 Å². The fraction of sp³-hybridized carbons (Fsp3) is 0.333. The molecule has 1 aliphatic rings. The molecule has 0 bridgehead atoms. The van der Waals surface area contributed by atoms with Crippen molar-refractivity contribution in [1.29, 1.82) is 0 Å². The Bertz CT molecular complexity index is 1460. The lowest BCUT2D eigenvalue weighted by Gasteiger charge is -2.39. The van der Waals surface area contributed by atoms with Gasteiger partial charge in [-0.1, -0.05) is 0 Å². The molecule has 1 aliphatic heterocycles. The number of anilines is 3. The highest BCUT2D eigenvalue weighted by Crippen LogP contribution is 2.36. The normalized spacial score (nSPS) is 15.9. The Morgan fingerprint density at radius 3 is 2.46 bits per heavy atom. The van der Waals surface area contributed by atoms with Gasteiger partial charge >= 0.3 is 0 Å². The van der Waals surface area contributed by atoms with Crippen molar-refractivity contribution >= 4 is 29.0 Å². The van der Waals surface area contributed by atoms with Crippen LogP contribution in [0.4, 0.5) is 30.4 Å². The number of amides is 2. The fourth-order valence-corrected chi connectivity index (χ4v) is 4.42. The Kier molecular flexibility index (Phi) is 8.05. The Labute approximate surface area is 223 Å². The van der Waals surface area contributed by atoms with E-state index in [1.807, 2.05) is 18.9 Å². The molecule has 4 rings (SSSR count). The first-order valence-electron chi connectivity index (χ1n) is 12.3. The van der Waals surface area contributed by atoms with Crippen molar-refractivity contribution in [2.45, 2.75) is 26.3 Å². The molecular formula is C27H29F3N6O3. The van der Waals surface area contributed by atoms with Gasteiger partial charge in [0.05, 0.1) is 16.9 Å². The van der Waals surface area contributed by atoms with Gasteiger partial charge < -0.3 is 25.0 Å². The van der Waals surface area contributed by atoms with Crippen LogP contribution < -0.4 is 21.1 Å². The quantitative estimate of drug-likeness (QED) is 0.491. The highest BCUT2D eigenvalue weighted by Gasteiger charge is 2.26. The van der Waals surface area contributed by atoms with Crippen molar-refractivity contribution in [3.05, 3.63) is 70.0 Å². The van der Waals surface area contributed by atoms with Crippen molar-refractivity contribution in [3.63, 3.8) is 0 Å². The maximum absolute atomic E-state index is 15.5. The molecule has 1 aromatic carbocycles. The second-order valence-electron chi connectivity index (χ2n) is 9.58. The summed E-state index contributed by atoms with van der Waals surface area (Å²) < 4.78 is 44.0. The van der Waals surface area contributed by atoms with E-state index in [1.54, 1.807) is 6.07 Å². The molecule has 3 heterocycles. The van der Waals surface area contributed by atoms with Gasteiger partial charge in [0.2, 0.25) is 5.91 Å². The lowest BCUT2D eigenvalue weighted by molar-refractivity contribution is -0.114. The number of carbonyl (C=O) groups excluding carboxylic acids is 2. The number of likely N-dealkylation sites (N-methyl/N-ethyl adjacent to an activating group) is 1. The highest BCUT2D eigenvalue weighted by molar-refractivity contribution is 6.07. The molecule has 2 N–H and O–H groups in total. The summed E-state index contributed by atoms with van der Waals surface area (Å²) in [4.78, 5) is 44.8. The molecule has 2 aromatic heterocycles. The second kappa shape index (κ2) is 11.3. The molecule has 1 saturated heterocycles. The van der Waals surface area contributed by atoms with Crippen LogP contribution in [-0.4, -0.2) is 59.0 Å². The number of aryl methyl sites for hydroxylation is 1. The molecule has 0 unspecified atom stereocenters. The molecule has 0 aliphatic carbocycles. The Hall–Kier alpha value is -4.19. The summed E-state index contributed by atoms with van der Waals surface area (Å²) >= 11 is 0. The Morgan fingerprint density at radius 1 is 1.10 bits per heavy atom. The number of nitrogens with one attached hydrogen (secondary N) is 2. The van der Waals surface area contributed by atoms with Crippen molar-refractivity contribution in [2.75, 3.05) is 42.2 Å². The number of rotatable bonds is 6. The highest BCUT2D eigenvalue weighted by atomic mass is 19.3. The van der Waals surface area contributed by atoms with Crippen molar-refractivity contribution in [1.82, 2.24) is 14.5 Å². The summed E-state index contributed by atoms with van der Waals surface area (Å²) in [5.74, 6) is -1.45. The fourth-order valence-electron chi connectivity index (χ4n) is 4.42. The van der Waals surface area contributed by atoms with E-state index in [4.69, 9.17) is 0 Å². The lowest BCUT2D eigenvalue weighted by Crippen LogP contribution is -2.50. The number of piperazine rings is 1. The van der Waals surface area contributed by atoms with Gasteiger partial charge in [0.25, 0.3) is 17.9 Å². The number of hydrogen-bond acceptors (Lipinski definition) is 6. The van der Waals surface area contributed by atoms with Crippen LogP contribution in [0.1, 0.15) is 36.2 Å². The molecule has 2 amide bonds. The van der Waals surface area contributed by atoms with E-state index in [1.165, 1.54) is 38.4 Å². The Balaban J connectivity index is 1.78. The lowest BCUT2D eigenvalue weighted by atomic mass is 10.0. The van der Waals surface area contributed by atoms with Gasteiger partial charge in [-0.15, -0.1) is 0 Å². The zero-order chi connectivity index (χ0) is 28.4. The third-order valence-corrected chi connectivity index (χ3v) is 6.75. The van der Waals surface area contributed by atoms with Crippen LogP contribution in [0.2, 0.25) is 0 Å². The monoisotopic (exact) mass is 542 g/mol. The van der Waals surface area contributed by atoms with Gasteiger partial charge in [0.1, 0.15) is 11.6 Å². The van der Waals surface area contributed by atoms with E-state index in [2.05, 4.69) is 20.5 Å². The van der Waals surface area contributed by atoms with Crippen LogP contribution in [0.25, 0.3) is 11.1 Å².